The molecule has 0 radical (unpaired) electrons. The maximum Gasteiger partial charge on any atom is 0.0842 e. The Bertz CT molecular complexity index is 489. The summed E-state index contributed by atoms with van der Waals surface area (Å²) in [5, 5.41) is 0.745. The van der Waals surface area contributed by atoms with Gasteiger partial charge in [0.2, 0.25) is 0 Å². The Morgan fingerprint density at radius 1 is 1.19 bits per heavy atom. The van der Waals surface area contributed by atoms with E-state index in [4.69, 9.17) is 11.6 Å². The molecule has 0 saturated carbocycles. The van der Waals surface area contributed by atoms with E-state index in [1.807, 2.05) is 31.2 Å². The highest BCUT2D eigenvalue weighted by Crippen LogP contribution is 2.16. The van der Waals surface area contributed by atoms with Crippen LogP contribution >= 0.6 is 11.6 Å². The number of hydrogen-bond acceptors (Lipinski definition) is 2. The smallest absolute Gasteiger partial charge is 0.0842 e. The SMILES string of the molecule is C/C(=C/c1ccc(Cl)cc1)c1cnccn1. The van der Waals surface area contributed by atoms with Crippen molar-refractivity contribution in [3.05, 3.63) is 59.1 Å². The van der Waals surface area contributed by atoms with Gasteiger partial charge in [0.25, 0.3) is 0 Å². The summed E-state index contributed by atoms with van der Waals surface area (Å²) < 4.78 is 0. The minimum Gasteiger partial charge on any atom is -0.261 e. The summed E-state index contributed by atoms with van der Waals surface area (Å²) >= 11 is 5.82. The quantitative estimate of drug-likeness (QED) is 0.786. The topological polar surface area (TPSA) is 25.8 Å². The van der Waals surface area contributed by atoms with Gasteiger partial charge in [-0.3, -0.25) is 9.97 Å². The van der Waals surface area contributed by atoms with Crippen LogP contribution in [0.15, 0.2) is 42.9 Å². The largest absolute Gasteiger partial charge is 0.261 e. The molecule has 0 aliphatic rings. The Morgan fingerprint density at radius 3 is 2.56 bits per heavy atom. The van der Waals surface area contributed by atoms with Crippen LogP contribution in [0.4, 0.5) is 0 Å². The molecule has 0 unspecified atom stereocenters. The van der Waals surface area contributed by atoms with E-state index in [0.29, 0.717) is 0 Å². The molecular weight excluding hydrogens is 220 g/mol. The van der Waals surface area contributed by atoms with E-state index in [1.54, 1.807) is 18.6 Å². The van der Waals surface area contributed by atoms with Crippen LogP contribution in [0.5, 0.6) is 0 Å². The van der Waals surface area contributed by atoms with E-state index >= 15 is 0 Å². The lowest BCUT2D eigenvalue weighted by Crippen LogP contribution is -1.86. The highest BCUT2D eigenvalue weighted by atomic mass is 35.5. The van der Waals surface area contributed by atoms with Gasteiger partial charge in [0, 0.05) is 17.4 Å². The Labute approximate surface area is 99.6 Å². The maximum absolute atomic E-state index is 5.82. The molecule has 3 heteroatoms. The summed E-state index contributed by atoms with van der Waals surface area (Å²) in [5.74, 6) is 0. The first kappa shape index (κ1) is 10.8. The Morgan fingerprint density at radius 2 is 1.94 bits per heavy atom. The first-order chi connectivity index (χ1) is 7.75. The predicted molar refractivity (Wildman–Crippen MR) is 67.0 cm³/mol. The van der Waals surface area contributed by atoms with Crippen molar-refractivity contribution in [3.8, 4) is 0 Å². The van der Waals surface area contributed by atoms with Gasteiger partial charge in [0.05, 0.1) is 11.9 Å². The number of allylic oxidation sites excluding steroid dienone is 1. The van der Waals surface area contributed by atoms with Gasteiger partial charge in [0.1, 0.15) is 0 Å². The van der Waals surface area contributed by atoms with E-state index in [9.17, 15) is 0 Å². The van der Waals surface area contributed by atoms with E-state index in [1.165, 1.54) is 0 Å². The van der Waals surface area contributed by atoms with Crippen LogP contribution in [0.1, 0.15) is 18.2 Å². The van der Waals surface area contributed by atoms with Crippen LogP contribution in [0.3, 0.4) is 0 Å². The third-order valence-corrected chi connectivity index (χ3v) is 2.47. The van der Waals surface area contributed by atoms with Crippen molar-refractivity contribution in [1.82, 2.24) is 9.97 Å². The number of halogens is 1. The maximum atomic E-state index is 5.82. The van der Waals surface area contributed by atoms with Crippen LogP contribution in [0.25, 0.3) is 11.6 Å². The molecule has 0 aliphatic heterocycles. The molecule has 1 heterocycles. The molecular formula is C13H11ClN2. The normalized spacial score (nSPS) is 11.5. The summed E-state index contributed by atoms with van der Waals surface area (Å²) in [7, 11) is 0. The average Bonchev–Trinajstić information content (AvgIpc) is 2.33. The molecule has 0 N–H and O–H groups in total. The van der Waals surface area contributed by atoms with Crippen molar-refractivity contribution < 1.29 is 0 Å². The minimum atomic E-state index is 0.745. The molecule has 0 amide bonds. The van der Waals surface area contributed by atoms with Crippen molar-refractivity contribution in [2.75, 3.05) is 0 Å². The highest BCUT2D eigenvalue weighted by Gasteiger charge is 1.97. The average molecular weight is 231 g/mol. The molecule has 0 aliphatic carbocycles. The fourth-order valence-corrected chi connectivity index (χ4v) is 1.51. The number of aromatic nitrogens is 2. The summed E-state index contributed by atoms with van der Waals surface area (Å²) in [4.78, 5) is 8.27. The fourth-order valence-electron chi connectivity index (χ4n) is 1.39. The zero-order valence-electron chi connectivity index (χ0n) is 8.89. The third-order valence-electron chi connectivity index (χ3n) is 2.22. The number of nitrogens with zero attached hydrogens (tertiary/aromatic N) is 2. The lowest BCUT2D eigenvalue weighted by atomic mass is 10.1. The second kappa shape index (κ2) is 4.90. The zero-order chi connectivity index (χ0) is 11.4. The monoisotopic (exact) mass is 230 g/mol. The van der Waals surface area contributed by atoms with Gasteiger partial charge in [0.15, 0.2) is 0 Å². The molecule has 80 valence electrons. The first-order valence-corrected chi connectivity index (χ1v) is 5.34. The van der Waals surface area contributed by atoms with E-state index in [2.05, 4.69) is 16.0 Å². The Hall–Kier alpha value is -1.67. The summed E-state index contributed by atoms with van der Waals surface area (Å²) in [5.41, 5.74) is 3.07. The molecule has 2 aromatic rings. The molecule has 0 spiro atoms. The fraction of sp³-hybridized carbons (Fsp3) is 0.0769. The molecule has 0 fully saturated rings. The van der Waals surface area contributed by atoms with Gasteiger partial charge < -0.3 is 0 Å². The van der Waals surface area contributed by atoms with Crippen LogP contribution in [-0.4, -0.2) is 9.97 Å². The van der Waals surface area contributed by atoms with E-state index < -0.39 is 0 Å². The number of benzene rings is 1. The van der Waals surface area contributed by atoms with Crippen molar-refractivity contribution in [3.63, 3.8) is 0 Å². The van der Waals surface area contributed by atoms with Crippen molar-refractivity contribution >= 4 is 23.3 Å². The van der Waals surface area contributed by atoms with E-state index in [0.717, 1.165) is 21.9 Å². The van der Waals surface area contributed by atoms with Crippen LogP contribution in [0.2, 0.25) is 5.02 Å². The predicted octanol–water partition coefficient (Wildman–Crippen LogP) is 3.69. The van der Waals surface area contributed by atoms with Gasteiger partial charge in [-0.2, -0.15) is 0 Å². The lowest BCUT2D eigenvalue weighted by Gasteiger charge is -2.00. The van der Waals surface area contributed by atoms with Gasteiger partial charge in [-0.1, -0.05) is 23.7 Å². The second-order valence-electron chi connectivity index (χ2n) is 3.47. The Balaban J connectivity index is 2.28. The number of rotatable bonds is 2. The van der Waals surface area contributed by atoms with Crippen LogP contribution < -0.4 is 0 Å². The third kappa shape index (κ3) is 2.67. The molecule has 0 atom stereocenters. The van der Waals surface area contributed by atoms with Crippen molar-refractivity contribution in [1.29, 1.82) is 0 Å². The molecule has 0 saturated heterocycles. The second-order valence-corrected chi connectivity index (χ2v) is 3.91. The molecule has 1 aromatic heterocycles. The van der Waals surface area contributed by atoms with Gasteiger partial charge in [-0.05, 0) is 36.3 Å². The van der Waals surface area contributed by atoms with Crippen molar-refractivity contribution in [2.45, 2.75) is 6.92 Å². The summed E-state index contributed by atoms with van der Waals surface area (Å²) in [6.07, 6.45) is 7.16. The summed E-state index contributed by atoms with van der Waals surface area (Å²) in [6.45, 7) is 2.01. The lowest BCUT2D eigenvalue weighted by molar-refractivity contribution is 1.17. The zero-order valence-corrected chi connectivity index (χ0v) is 9.65. The van der Waals surface area contributed by atoms with Gasteiger partial charge >= 0.3 is 0 Å². The molecule has 1 aromatic carbocycles. The van der Waals surface area contributed by atoms with Gasteiger partial charge in [-0.15, -0.1) is 0 Å². The first-order valence-electron chi connectivity index (χ1n) is 4.96. The van der Waals surface area contributed by atoms with E-state index in [-0.39, 0.29) is 0 Å². The molecule has 0 bridgehead atoms. The van der Waals surface area contributed by atoms with Crippen molar-refractivity contribution in [2.24, 2.45) is 0 Å². The Kier molecular flexibility index (Phi) is 3.32. The summed E-state index contributed by atoms with van der Waals surface area (Å²) in [6, 6.07) is 7.69. The molecule has 2 rings (SSSR count). The number of hydrogen-bond donors (Lipinski definition) is 0. The van der Waals surface area contributed by atoms with Crippen LogP contribution in [0, 0.1) is 0 Å². The molecule has 2 nitrogen and oxygen atoms in total. The van der Waals surface area contributed by atoms with Crippen LogP contribution in [-0.2, 0) is 0 Å². The minimum absolute atomic E-state index is 0.745. The standard InChI is InChI=1S/C13H11ClN2/c1-10(13-9-15-6-7-16-13)8-11-2-4-12(14)5-3-11/h2-9H,1H3/b10-8-. The highest BCUT2D eigenvalue weighted by molar-refractivity contribution is 6.30. The molecule has 16 heavy (non-hydrogen) atoms. The van der Waals surface area contributed by atoms with Gasteiger partial charge in [-0.25, -0.2) is 0 Å².